The number of aryl methyl sites for hydroxylation is 1. The van der Waals surface area contributed by atoms with E-state index in [1.165, 1.54) is 6.07 Å². The van der Waals surface area contributed by atoms with Crippen LogP contribution in [0.15, 0.2) is 76.7 Å². The molecule has 0 aliphatic rings. The van der Waals surface area contributed by atoms with Crippen LogP contribution in [0.4, 0.5) is 17.2 Å². The highest BCUT2D eigenvalue weighted by atomic mass is 32.2. The molecule has 2 N–H and O–H groups in total. The largest absolute Gasteiger partial charge is 0.339 e. The molecule has 0 aliphatic heterocycles. The molecule has 0 saturated heterocycles. The summed E-state index contributed by atoms with van der Waals surface area (Å²) in [7, 11) is -3.77. The van der Waals surface area contributed by atoms with Crippen molar-refractivity contribution < 1.29 is 8.42 Å². The molecule has 0 unspecified atom stereocenters. The smallest absolute Gasteiger partial charge is 0.265 e. The molecule has 3 aromatic rings. The summed E-state index contributed by atoms with van der Waals surface area (Å²) in [4.78, 5) is 5.43. The highest BCUT2D eigenvalue weighted by Gasteiger charge is 2.19. The van der Waals surface area contributed by atoms with Crippen LogP contribution in [0.1, 0.15) is 5.56 Å². The first-order chi connectivity index (χ1) is 12.5. The number of thioether (sulfide) groups is 1. The summed E-state index contributed by atoms with van der Waals surface area (Å²) in [6.07, 6.45) is 3.56. The lowest BCUT2D eigenvalue weighted by Gasteiger charge is -2.13. The number of benzene rings is 2. The summed E-state index contributed by atoms with van der Waals surface area (Å²) in [6, 6.07) is 18.0. The molecule has 3 rings (SSSR count). The second kappa shape index (κ2) is 7.80. The molecule has 5 nitrogen and oxygen atoms in total. The van der Waals surface area contributed by atoms with Gasteiger partial charge in [-0.3, -0.25) is 4.72 Å². The summed E-state index contributed by atoms with van der Waals surface area (Å²) >= 11 is 1.64. The molecular weight excluding hydrogens is 366 g/mol. The first kappa shape index (κ1) is 18.3. The number of aromatic nitrogens is 1. The SMILES string of the molecule is CSc1ccc(Nc2ncccc2S(=O)(=O)Nc2ccc(C)cc2)cc1. The van der Waals surface area contributed by atoms with Crippen molar-refractivity contribution in [2.75, 3.05) is 16.3 Å². The van der Waals surface area contributed by atoms with E-state index in [9.17, 15) is 8.42 Å². The Morgan fingerprint density at radius 2 is 1.58 bits per heavy atom. The highest BCUT2D eigenvalue weighted by molar-refractivity contribution is 7.98. The normalized spacial score (nSPS) is 11.2. The van der Waals surface area contributed by atoms with E-state index in [0.29, 0.717) is 5.69 Å². The molecule has 1 heterocycles. The maximum absolute atomic E-state index is 12.8. The summed E-state index contributed by atoms with van der Waals surface area (Å²) in [5, 5.41) is 3.09. The molecule has 2 aromatic carbocycles. The van der Waals surface area contributed by atoms with Gasteiger partial charge in [-0.2, -0.15) is 0 Å². The van der Waals surface area contributed by atoms with Gasteiger partial charge in [0.25, 0.3) is 10.0 Å². The van der Waals surface area contributed by atoms with Gasteiger partial charge in [0.2, 0.25) is 0 Å². The number of nitrogens with zero attached hydrogens (tertiary/aromatic N) is 1. The zero-order chi connectivity index (χ0) is 18.6. The third-order valence-electron chi connectivity index (χ3n) is 3.72. The number of sulfonamides is 1. The quantitative estimate of drug-likeness (QED) is 0.604. The van der Waals surface area contributed by atoms with E-state index >= 15 is 0 Å². The molecule has 0 radical (unpaired) electrons. The molecule has 0 saturated carbocycles. The van der Waals surface area contributed by atoms with Gasteiger partial charge in [-0.15, -0.1) is 11.8 Å². The minimum atomic E-state index is -3.77. The fourth-order valence-electron chi connectivity index (χ4n) is 2.34. The first-order valence-corrected chi connectivity index (χ1v) is 10.6. The van der Waals surface area contributed by atoms with E-state index in [-0.39, 0.29) is 10.7 Å². The van der Waals surface area contributed by atoms with Crippen LogP contribution < -0.4 is 10.0 Å². The highest BCUT2D eigenvalue weighted by Crippen LogP contribution is 2.26. The third-order valence-corrected chi connectivity index (χ3v) is 5.87. The van der Waals surface area contributed by atoms with Crippen molar-refractivity contribution >= 4 is 39.0 Å². The van der Waals surface area contributed by atoms with Crippen molar-refractivity contribution in [1.82, 2.24) is 4.98 Å². The second-order valence-electron chi connectivity index (χ2n) is 5.68. The zero-order valence-electron chi connectivity index (χ0n) is 14.4. The van der Waals surface area contributed by atoms with Crippen molar-refractivity contribution in [3.63, 3.8) is 0 Å². The minimum Gasteiger partial charge on any atom is -0.339 e. The number of pyridine rings is 1. The molecule has 134 valence electrons. The summed E-state index contributed by atoms with van der Waals surface area (Å²) in [5.41, 5.74) is 2.34. The Morgan fingerprint density at radius 3 is 2.23 bits per heavy atom. The average molecular weight is 386 g/mol. The molecule has 0 aliphatic carbocycles. The van der Waals surface area contributed by atoms with Gasteiger partial charge in [0, 0.05) is 22.5 Å². The lowest BCUT2D eigenvalue weighted by molar-refractivity contribution is 0.601. The predicted molar refractivity (Wildman–Crippen MR) is 108 cm³/mol. The number of hydrogen-bond donors (Lipinski definition) is 2. The van der Waals surface area contributed by atoms with E-state index < -0.39 is 10.0 Å². The molecule has 0 amide bonds. The van der Waals surface area contributed by atoms with Crippen molar-refractivity contribution in [2.45, 2.75) is 16.7 Å². The number of hydrogen-bond acceptors (Lipinski definition) is 5. The van der Waals surface area contributed by atoms with Gasteiger partial charge in [-0.05, 0) is 61.7 Å². The number of nitrogens with one attached hydrogen (secondary N) is 2. The molecule has 0 fully saturated rings. The topological polar surface area (TPSA) is 71.1 Å². The molecule has 1 aromatic heterocycles. The summed E-state index contributed by atoms with van der Waals surface area (Å²) in [5.74, 6) is 0.281. The van der Waals surface area contributed by atoms with Crippen LogP contribution in [0, 0.1) is 6.92 Å². The maximum Gasteiger partial charge on any atom is 0.265 e. The van der Waals surface area contributed by atoms with Gasteiger partial charge in [0.05, 0.1) is 0 Å². The number of anilines is 3. The fourth-order valence-corrected chi connectivity index (χ4v) is 3.92. The molecular formula is C19H19N3O2S2. The third kappa shape index (κ3) is 4.36. The van der Waals surface area contributed by atoms with Crippen molar-refractivity contribution in [1.29, 1.82) is 0 Å². The van der Waals surface area contributed by atoms with Gasteiger partial charge in [-0.1, -0.05) is 17.7 Å². The Bertz CT molecular complexity index is 986. The predicted octanol–water partition coefficient (Wildman–Crippen LogP) is 4.66. The van der Waals surface area contributed by atoms with Crippen LogP contribution in [0.3, 0.4) is 0 Å². The number of rotatable bonds is 6. The van der Waals surface area contributed by atoms with E-state index in [1.54, 1.807) is 36.2 Å². The van der Waals surface area contributed by atoms with E-state index in [2.05, 4.69) is 15.0 Å². The summed E-state index contributed by atoms with van der Waals surface area (Å²) in [6.45, 7) is 1.95. The lowest BCUT2D eigenvalue weighted by atomic mass is 10.2. The van der Waals surface area contributed by atoms with Crippen molar-refractivity contribution in [2.24, 2.45) is 0 Å². The Hall–Kier alpha value is -2.51. The van der Waals surface area contributed by atoms with Crippen LogP contribution in [-0.2, 0) is 10.0 Å². The van der Waals surface area contributed by atoms with Crippen molar-refractivity contribution in [3.05, 3.63) is 72.4 Å². The van der Waals surface area contributed by atoms with E-state index in [0.717, 1.165) is 16.1 Å². The monoisotopic (exact) mass is 385 g/mol. The fraction of sp³-hybridized carbons (Fsp3) is 0.105. The molecule has 26 heavy (non-hydrogen) atoms. The molecule has 0 bridgehead atoms. The van der Waals surface area contributed by atoms with Crippen LogP contribution in [0.5, 0.6) is 0 Å². The Kier molecular flexibility index (Phi) is 5.49. The van der Waals surface area contributed by atoms with Crippen LogP contribution in [-0.4, -0.2) is 19.7 Å². The van der Waals surface area contributed by atoms with E-state index in [1.807, 2.05) is 49.6 Å². The molecule has 7 heteroatoms. The molecule has 0 atom stereocenters. The average Bonchev–Trinajstić information content (AvgIpc) is 2.64. The lowest BCUT2D eigenvalue weighted by Crippen LogP contribution is -2.15. The zero-order valence-corrected chi connectivity index (χ0v) is 16.1. The van der Waals surface area contributed by atoms with Gasteiger partial charge >= 0.3 is 0 Å². The standard InChI is InChI=1S/C19H19N3O2S2/c1-14-5-7-16(8-6-14)22-26(23,24)18-4-3-13-20-19(18)21-15-9-11-17(25-2)12-10-15/h3-13,22H,1-2H3,(H,20,21). The van der Waals surface area contributed by atoms with Gasteiger partial charge in [0.15, 0.2) is 5.82 Å². The summed E-state index contributed by atoms with van der Waals surface area (Å²) < 4.78 is 28.2. The van der Waals surface area contributed by atoms with Crippen LogP contribution in [0.25, 0.3) is 0 Å². The Labute approximate surface area is 157 Å². The van der Waals surface area contributed by atoms with Gasteiger partial charge in [0.1, 0.15) is 4.90 Å². The minimum absolute atomic E-state index is 0.0921. The second-order valence-corrected chi connectivity index (χ2v) is 8.21. The Balaban J connectivity index is 1.88. The first-order valence-electron chi connectivity index (χ1n) is 7.93. The van der Waals surface area contributed by atoms with Crippen LogP contribution >= 0.6 is 11.8 Å². The van der Waals surface area contributed by atoms with Gasteiger partial charge < -0.3 is 5.32 Å². The Morgan fingerprint density at radius 1 is 0.923 bits per heavy atom. The molecule has 0 spiro atoms. The van der Waals surface area contributed by atoms with Gasteiger partial charge in [-0.25, -0.2) is 13.4 Å². The van der Waals surface area contributed by atoms with E-state index in [4.69, 9.17) is 0 Å². The van der Waals surface area contributed by atoms with Crippen LogP contribution in [0.2, 0.25) is 0 Å². The van der Waals surface area contributed by atoms with Crippen molar-refractivity contribution in [3.8, 4) is 0 Å². The maximum atomic E-state index is 12.8.